The first-order chi connectivity index (χ1) is 8.59. The van der Waals surface area contributed by atoms with Crippen molar-refractivity contribution in [3.63, 3.8) is 0 Å². The van der Waals surface area contributed by atoms with Gasteiger partial charge in [0.05, 0.1) is 15.7 Å². The molecule has 2 aromatic rings. The van der Waals surface area contributed by atoms with Gasteiger partial charge < -0.3 is 4.74 Å². The zero-order valence-electron chi connectivity index (χ0n) is 8.55. The maximum Gasteiger partial charge on any atom is 0.369 e. The number of fused-ring (bicyclic) bond motifs is 1. The van der Waals surface area contributed by atoms with Crippen LogP contribution in [0.4, 0.5) is 0 Å². The normalized spacial score (nSPS) is 13.7. The first-order valence-electron chi connectivity index (χ1n) is 4.76. The molecule has 0 bridgehead atoms. The van der Waals surface area contributed by atoms with E-state index < -0.39 is 11.9 Å². The number of ether oxygens (including phenoxy) is 1. The van der Waals surface area contributed by atoms with Gasteiger partial charge in [-0.3, -0.25) is 0 Å². The minimum Gasteiger partial charge on any atom is -0.383 e. The first-order valence-corrected chi connectivity index (χ1v) is 5.52. The van der Waals surface area contributed by atoms with Crippen molar-refractivity contribution in [2.75, 3.05) is 0 Å². The molecule has 6 nitrogen and oxygen atoms in total. The fourth-order valence-corrected chi connectivity index (χ4v) is 1.98. The molecule has 0 radical (unpaired) electrons. The van der Waals surface area contributed by atoms with Crippen molar-refractivity contribution < 1.29 is 14.3 Å². The Hall–Kier alpha value is -1.92. The summed E-state index contributed by atoms with van der Waals surface area (Å²) < 4.78 is 5.56. The standard InChI is InChI=1S/C10H3Cl2N3O3/c11-4-2-1-3-5(6(4)12)15-8-7(13-14-15)9(16)18-10(8)17/h1-3H. The summed E-state index contributed by atoms with van der Waals surface area (Å²) in [6, 6.07) is 4.83. The van der Waals surface area contributed by atoms with Gasteiger partial charge >= 0.3 is 11.9 Å². The molecule has 1 aromatic carbocycles. The van der Waals surface area contributed by atoms with E-state index in [2.05, 4.69) is 15.0 Å². The maximum absolute atomic E-state index is 11.5. The van der Waals surface area contributed by atoms with E-state index in [1.807, 2.05) is 0 Å². The maximum atomic E-state index is 11.5. The highest BCUT2D eigenvalue weighted by Gasteiger charge is 2.37. The largest absolute Gasteiger partial charge is 0.383 e. The van der Waals surface area contributed by atoms with Gasteiger partial charge in [0.2, 0.25) is 5.69 Å². The third kappa shape index (κ3) is 1.43. The van der Waals surface area contributed by atoms with Gasteiger partial charge in [0, 0.05) is 0 Å². The van der Waals surface area contributed by atoms with Gasteiger partial charge in [0.25, 0.3) is 0 Å². The predicted molar refractivity (Wildman–Crippen MR) is 61.1 cm³/mol. The average Bonchev–Trinajstić information content (AvgIpc) is 2.87. The van der Waals surface area contributed by atoms with Crippen molar-refractivity contribution >= 4 is 35.1 Å². The zero-order chi connectivity index (χ0) is 12.9. The highest BCUT2D eigenvalue weighted by Crippen LogP contribution is 2.30. The molecule has 18 heavy (non-hydrogen) atoms. The summed E-state index contributed by atoms with van der Waals surface area (Å²) in [4.78, 5) is 22.8. The molecule has 0 saturated carbocycles. The first kappa shape index (κ1) is 11.2. The van der Waals surface area contributed by atoms with Gasteiger partial charge in [0.15, 0.2) is 5.69 Å². The quantitative estimate of drug-likeness (QED) is 0.590. The molecule has 1 aromatic heterocycles. The number of hydrogen-bond donors (Lipinski definition) is 0. The number of aromatic nitrogens is 3. The van der Waals surface area contributed by atoms with E-state index >= 15 is 0 Å². The van der Waals surface area contributed by atoms with Crippen LogP contribution in [0.25, 0.3) is 5.69 Å². The Morgan fingerprint density at radius 2 is 1.94 bits per heavy atom. The summed E-state index contributed by atoms with van der Waals surface area (Å²) in [7, 11) is 0. The number of nitrogens with zero attached hydrogens (tertiary/aromatic N) is 3. The molecule has 0 unspecified atom stereocenters. The van der Waals surface area contributed by atoms with E-state index in [-0.39, 0.29) is 16.4 Å². The van der Waals surface area contributed by atoms with E-state index in [1.165, 1.54) is 0 Å². The number of cyclic esters (lactones) is 2. The molecular formula is C10H3Cl2N3O3. The lowest BCUT2D eigenvalue weighted by molar-refractivity contribution is 0.0434. The fraction of sp³-hybridized carbons (Fsp3) is 0. The highest BCUT2D eigenvalue weighted by molar-refractivity contribution is 6.43. The zero-order valence-corrected chi connectivity index (χ0v) is 10.1. The van der Waals surface area contributed by atoms with Crippen LogP contribution in [0, 0.1) is 0 Å². The van der Waals surface area contributed by atoms with E-state index in [0.29, 0.717) is 10.7 Å². The molecule has 0 N–H and O–H groups in total. The van der Waals surface area contributed by atoms with Crippen LogP contribution < -0.4 is 0 Å². The Morgan fingerprint density at radius 3 is 2.72 bits per heavy atom. The third-order valence-corrected chi connectivity index (χ3v) is 3.21. The summed E-state index contributed by atoms with van der Waals surface area (Å²) >= 11 is 11.9. The lowest BCUT2D eigenvalue weighted by Crippen LogP contribution is -2.08. The molecule has 90 valence electrons. The lowest BCUT2D eigenvalue weighted by Gasteiger charge is -2.05. The molecule has 0 saturated heterocycles. The minimum atomic E-state index is -0.820. The highest BCUT2D eigenvalue weighted by atomic mass is 35.5. The number of carbonyl (C=O) groups excluding carboxylic acids is 2. The second-order valence-electron chi connectivity index (χ2n) is 3.45. The molecule has 0 amide bonds. The molecular weight excluding hydrogens is 281 g/mol. The van der Waals surface area contributed by atoms with Crippen molar-refractivity contribution in [2.24, 2.45) is 0 Å². The smallest absolute Gasteiger partial charge is 0.369 e. The lowest BCUT2D eigenvalue weighted by atomic mass is 10.3. The van der Waals surface area contributed by atoms with Crippen molar-refractivity contribution in [3.8, 4) is 5.69 Å². The number of rotatable bonds is 1. The van der Waals surface area contributed by atoms with Gasteiger partial charge in [-0.2, -0.15) is 0 Å². The van der Waals surface area contributed by atoms with Crippen LogP contribution in [0.1, 0.15) is 21.0 Å². The molecule has 1 aliphatic rings. The Labute approximate surface area is 110 Å². The van der Waals surface area contributed by atoms with E-state index in [1.54, 1.807) is 18.2 Å². The molecule has 3 rings (SSSR count). The van der Waals surface area contributed by atoms with E-state index in [9.17, 15) is 9.59 Å². The van der Waals surface area contributed by atoms with Crippen LogP contribution in [0.15, 0.2) is 18.2 Å². The molecule has 0 atom stereocenters. The molecule has 8 heteroatoms. The van der Waals surface area contributed by atoms with Gasteiger partial charge in [-0.15, -0.1) is 5.10 Å². The van der Waals surface area contributed by atoms with E-state index in [4.69, 9.17) is 23.2 Å². The number of hydrogen-bond acceptors (Lipinski definition) is 5. The average molecular weight is 284 g/mol. The van der Waals surface area contributed by atoms with Gasteiger partial charge in [-0.05, 0) is 12.1 Å². The van der Waals surface area contributed by atoms with Crippen LogP contribution in [0.2, 0.25) is 10.0 Å². The van der Waals surface area contributed by atoms with Crippen LogP contribution in [0.5, 0.6) is 0 Å². The molecule has 0 fully saturated rings. The second-order valence-corrected chi connectivity index (χ2v) is 4.23. The van der Waals surface area contributed by atoms with Crippen molar-refractivity contribution in [2.45, 2.75) is 0 Å². The van der Waals surface area contributed by atoms with Crippen molar-refractivity contribution in [1.82, 2.24) is 15.0 Å². The van der Waals surface area contributed by atoms with Crippen LogP contribution in [0.3, 0.4) is 0 Å². The fourth-order valence-electron chi connectivity index (χ4n) is 1.61. The van der Waals surface area contributed by atoms with Crippen molar-refractivity contribution in [3.05, 3.63) is 39.6 Å². The summed E-state index contributed by atoms with van der Waals surface area (Å²) in [6.07, 6.45) is 0. The Kier molecular flexibility index (Phi) is 2.36. The number of halogens is 2. The van der Waals surface area contributed by atoms with Gasteiger partial charge in [-0.25, -0.2) is 14.3 Å². The summed E-state index contributed by atoms with van der Waals surface area (Å²) in [5.74, 6) is -1.63. The van der Waals surface area contributed by atoms with Crippen molar-refractivity contribution in [1.29, 1.82) is 0 Å². The second kappa shape index (κ2) is 3.79. The monoisotopic (exact) mass is 283 g/mol. The molecule has 0 aliphatic carbocycles. The predicted octanol–water partition coefficient (Wildman–Crippen LogP) is 1.88. The number of esters is 2. The molecule has 0 spiro atoms. The molecule has 1 aliphatic heterocycles. The minimum absolute atomic E-state index is 0.0517. The van der Waals surface area contributed by atoms with Gasteiger partial charge in [-0.1, -0.05) is 34.5 Å². The Balaban J connectivity index is 2.26. The summed E-state index contributed by atoms with van der Waals surface area (Å²) in [5.41, 5.74) is 0.171. The number of benzene rings is 1. The Bertz CT molecular complexity index is 696. The third-order valence-electron chi connectivity index (χ3n) is 2.40. The van der Waals surface area contributed by atoms with Crippen LogP contribution in [-0.4, -0.2) is 26.9 Å². The Morgan fingerprint density at radius 1 is 1.17 bits per heavy atom. The van der Waals surface area contributed by atoms with Crippen LogP contribution >= 0.6 is 23.2 Å². The van der Waals surface area contributed by atoms with E-state index in [0.717, 1.165) is 4.68 Å². The summed E-state index contributed by atoms with van der Waals surface area (Å²) in [6.45, 7) is 0. The van der Waals surface area contributed by atoms with Crippen LogP contribution in [-0.2, 0) is 4.74 Å². The SMILES string of the molecule is O=C1OC(=O)c2c1nnn2-c1cccc(Cl)c1Cl. The topological polar surface area (TPSA) is 74.1 Å². The molecule has 2 heterocycles. The summed E-state index contributed by atoms with van der Waals surface area (Å²) in [5, 5.41) is 7.81. The van der Waals surface area contributed by atoms with Gasteiger partial charge in [0.1, 0.15) is 0 Å². The number of carbonyl (C=O) groups is 2.